The van der Waals surface area contributed by atoms with Crippen LogP contribution in [0.15, 0.2) is 23.6 Å². The van der Waals surface area contributed by atoms with Crippen molar-refractivity contribution in [2.45, 2.75) is 40.2 Å². The van der Waals surface area contributed by atoms with Gasteiger partial charge in [-0.3, -0.25) is 0 Å². The molecule has 2 rings (SSSR count). The van der Waals surface area contributed by atoms with Crippen molar-refractivity contribution in [3.63, 3.8) is 0 Å². The molecule has 3 heteroatoms. The van der Waals surface area contributed by atoms with Gasteiger partial charge in [-0.05, 0) is 38.4 Å². The molecule has 1 atom stereocenters. The molecule has 0 bridgehead atoms. The number of aromatic nitrogens is 1. The van der Waals surface area contributed by atoms with E-state index >= 15 is 0 Å². The number of hydrogen-bond acceptors (Lipinski definition) is 3. The van der Waals surface area contributed by atoms with E-state index < -0.39 is 0 Å². The third-order valence-electron chi connectivity index (χ3n) is 3.34. The lowest BCUT2D eigenvalue weighted by Crippen LogP contribution is -2.24. The fourth-order valence-electron chi connectivity index (χ4n) is 2.38. The third kappa shape index (κ3) is 3.64. The maximum atomic E-state index is 4.59. The van der Waals surface area contributed by atoms with E-state index in [-0.39, 0.29) is 0 Å². The van der Waals surface area contributed by atoms with Crippen molar-refractivity contribution < 1.29 is 0 Å². The number of nitrogens with zero attached hydrogens (tertiary/aromatic N) is 1. The molecule has 0 amide bonds. The zero-order valence-corrected chi connectivity index (χ0v) is 13.0. The van der Waals surface area contributed by atoms with Gasteiger partial charge < -0.3 is 5.32 Å². The second kappa shape index (κ2) is 6.31. The molecule has 0 aliphatic heterocycles. The molecule has 102 valence electrons. The van der Waals surface area contributed by atoms with Crippen LogP contribution in [0.1, 0.15) is 40.4 Å². The van der Waals surface area contributed by atoms with Crippen LogP contribution in [0.2, 0.25) is 0 Å². The highest BCUT2D eigenvalue weighted by Crippen LogP contribution is 2.23. The molecule has 1 heterocycles. The molecule has 0 radical (unpaired) electrons. The molecule has 19 heavy (non-hydrogen) atoms. The topological polar surface area (TPSA) is 24.9 Å². The number of nitrogens with one attached hydrogen (secondary N) is 1. The quantitative estimate of drug-likeness (QED) is 0.892. The maximum absolute atomic E-state index is 4.59. The Bertz CT molecular complexity index is 545. The van der Waals surface area contributed by atoms with Gasteiger partial charge in [-0.2, -0.15) is 0 Å². The number of rotatable bonds is 5. The highest BCUT2D eigenvalue weighted by atomic mass is 32.1. The minimum atomic E-state index is 0.353. The van der Waals surface area contributed by atoms with Gasteiger partial charge in [0.05, 0.1) is 10.7 Å². The lowest BCUT2D eigenvalue weighted by atomic mass is 9.96. The number of likely N-dealkylation sites (N-methyl/N-ethyl adjacent to an activating group) is 1. The van der Waals surface area contributed by atoms with Crippen molar-refractivity contribution in [2.75, 3.05) is 6.54 Å². The van der Waals surface area contributed by atoms with Crippen LogP contribution in [0.4, 0.5) is 0 Å². The summed E-state index contributed by atoms with van der Waals surface area (Å²) in [7, 11) is 0. The van der Waals surface area contributed by atoms with Crippen molar-refractivity contribution in [2.24, 2.45) is 0 Å². The molecule has 2 aromatic rings. The first-order valence-electron chi connectivity index (χ1n) is 6.81. The fourth-order valence-corrected chi connectivity index (χ4v) is 3.01. The van der Waals surface area contributed by atoms with E-state index in [9.17, 15) is 0 Å². The number of aryl methyl sites for hydroxylation is 3. The first kappa shape index (κ1) is 14.2. The molecule has 0 aliphatic rings. The van der Waals surface area contributed by atoms with Crippen molar-refractivity contribution in [1.29, 1.82) is 0 Å². The van der Waals surface area contributed by atoms with Gasteiger partial charge in [0.25, 0.3) is 0 Å². The van der Waals surface area contributed by atoms with E-state index in [2.05, 4.69) is 61.6 Å². The van der Waals surface area contributed by atoms with Gasteiger partial charge in [0.1, 0.15) is 0 Å². The first-order valence-corrected chi connectivity index (χ1v) is 7.69. The van der Waals surface area contributed by atoms with Crippen molar-refractivity contribution >= 4 is 11.3 Å². The van der Waals surface area contributed by atoms with Gasteiger partial charge in [0.2, 0.25) is 0 Å². The summed E-state index contributed by atoms with van der Waals surface area (Å²) in [6, 6.07) is 7.03. The Labute approximate surface area is 119 Å². The zero-order valence-electron chi connectivity index (χ0n) is 12.2. The van der Waals surface area contributed by atoms with E-state index in [4.69, 9.17) is 0 Å². The second-order valence-corrected chi connectivity index (χ2v) is 6.09. The largest absolute Gasteiger partial charge is 0.310 e. The summed E-state index contributed by atoms with van der Waals surface area (Å²) < 4.78 is 0. The molecular formula is C16H22N2S. The molecule has 2 nitrogen and oxygen atoms in total. The first-order chi connectivity index (χ1) is 9.10. The third-order valence-corrected chi connectivity index (χ3v) is 4.16. The Morgan fingerprint density at radius 1 is 1.26 bits per heavy atom. The average molecular weight is 274 g/mol. The Kier molecular flexibility index (Phi) is 4.72. The molecule has 0 spiro atoms. The summed E-state index contributed by atoms with van der Waals surface area (Å²) in [4.78, 5) is 4.59. The van der Waals surface area contributed by atoms with E-state index in [1.807, 2.05) is 0 Å². The standard InChI is InChI=1S/C16H22N2S/c1-5-17-16(9-14-10-19-13(4)18-14)15-8-11(2)6-7-12(15)3/h6-8,10,16-17H,5,9H2,1-4H3. The summed E-state index contributed by atoms with van der Waals surface area (Å²) in [5.41, 5.74) is 5.25. The van der Waals surface area contributed by atoms with E-state index in [1.165, 1.54) is 22.4 Å². The monoisotopic (exact) mass is 274 g/mol. The molecular weight excluding hydrogens is 252 g/mol. The summed E-state index contributed by atoms with van der Waals surface area (Å²) >= 11 is 1.73. The molecule has 0 saturated heterocycles. The van der Waals surface area contributed by atoms with Crippen molar-refractivity contribution in [3.05, 3.63) is 51.0 Å². The zero-order chi connectivity index (χ0) is 13.8. The number of benzene rings is 1. The Balaban J connectivity index is 2.26. The predicted octanol–water partition coefficient (Wildman–Crippen LogP) is 3.96. The molecule has 1 aromatic carbocycles. The van der Waals surface area contributed by atoms with Gasteiger partial charge in [0, 0.05) is 17.8 Å². The molecule has 0 fully saturated rings. The van der Waals surface area contributed by atoms with Crippen LogP contribution in [0.3, 0.4) is 0 Å². The highest BCUT2D eigenvalue weighted by Gasteiger charge is 2.15. The van der Waals surface area contributed by atoms with Gasteiger partial charge in [-0.15, -0.1) is 11.3 Å². The smallest absolute Gasteiger partial charge is 0.0897 e. The lowest BCUT2D eigenvalue weighted by molar-refractivity contribution is 0.542. The summed E-state index contributed by atoms with van der Waals surface area (Å²) in [5, 5.41) is 6.91. The van der Waals surface area contributed by atoms with Crippen LogP contribution in [-0.2, 0) is 6.42 Å². The van der Waals surface area contributed by atoms with Crippen molar-refractivity contribution in [1.82, 2.24) is 10.3 Å². The summed E-state index contributed by atoms with van der Waals surface area (Å²) in [6.45, 7) is 9.53. The van der Waals surface area contributed by atoms with Crippen LogP contribution in [0, 0.1) is 20.8 Å². The number of thiazole rings is 1. The Morgan fingerprint density at radius 3 is 2.68 bits per heavy atom. The molecule has 1 unspecified atom stereocenters. The van der Waals surface area contributed by atoms with Crippen LogP contribution >= 0.6 is 11.3 Å². The Hall–Kier alpha value is -1.19. The van der Waals surface area contributed by atoms with Crippen LogP contribution in [0.5, 0.6) is 0 Å². The molecule has 1 N–H and O–H groups in total. The molecule has 0 saturated carbocycles. The Morgan fingerprint density at radius 2 is 2.05 bits per heavy atom. The van der Waals surface area contributed by atoms with Crippen LogP contribution in [-0.4, -0.2) is 11.5 Å². The molecule has 1 aromatic heterocycles. The van der Waals surface area contributed by atoms with Gasteiger partial charge in [-0.25, -0.2) is 4.98 Å². The summed E-state index contributed by atoms with van der Waals surface area (Å²) in [5.74, 6) is 0. The SMILES string of the molecule is CCNC(Cc1csc(C)n1)c1cc(C)ccc1C. The van der Waals surface area contributed by atoms with Crippen LogP contribution < -0.4 is 5.32 Å². The molecule has 0 aliphatic carbocycles. The van der Waals surface area contributed by atoms with Crippen LogP contribution in [0.25, 0.3) is 0 Å². The average Bonchev–Trinajstić information content (AvgIpc) is 2.77. The summed E-state index contributed by atoms with van der Waals surface area (Å²) in [6.07, 6.45) is 0.961. The van der Waals surface area contributed by atoms with Gasteiger partial charge >= 0.3 is 0 Å². The van der Waals surface area contributed by atoms with E-state index in [0.717, 1.165) is 18.0 Å². The fraction of sp³-hybridized carbons (Fsp3) is 0.438. The van der Waals surface area contributed by atoms with Crippen molar-refractivity contribution in [3.8, 4) is 0 Å². The van der Waals surface area contributed by atoms with Gasteiger partial charge in [-0.1, -0.05) is 30.7 Å². The number of hydrogen-bond donors (Lipinski definition) is 1. The van der Waals surface area contributed by atoms with E-state index in [1.54, 1.807) is 11.3 Å². The second-order valence-electron chi connectivity index (χ2n) is 5.03. The minimum Gasteiger partial charge on any atom is -0.310 e. The maximum Gasteiger partial charge on any atom is 0.0897 e. The normalized spacial score (nSPS) is 12.6. The predicted molar refractivity (Wildman–Crippen MR) is 82.9 cm³/mol. The van der Waals surface area contributed by atoms with Gasteiger partial charge in [0.15, 0.2) is 0 Å². The lowest BCUT2D eigenvalue weighted by Gasteiger charge is -2.20. The minimum absolute atomic E-state index is 0.353. The highest BCUT2D eigenvalue weighted by molar-refractivity contribution is 7.09. The van der Waals surface area contributed by atoms with E-state index in [0.29, 0.717) is 6.04 Å².